The summed E-state index contributed by atoms with van der Waals surface area (Å²) < 4.78 is 0. The zero-order chi connectivity index (χ0) is 9.00. The highest BCUT2D eigenvalue weighted by atomic mass is 79.9. The lowest BCUT2D eigenvalue weighted by molar-refractivity contribution is 0.771. The SMILES string of the molecule is Br[C@@H]1[C@H](Br)[C@@H]2C[C@H]1c1ccccc12. The van der Waals surface area contributed by atoms with E-state index in [0.717, 1.165) is 11.8 Å². The molecule has 2 aliphatic carbocycles. The number of rotatable bonds is 0. The van der Waals surface area contributed by atoms with E-state index < -0.39 is 0 Å². The minimum atomic E-state index is 0.632. The molecule has 1 saturated carbocycles. The lowest BCUT2D eigenvalue weighted by atomic mass is 9.92. The van der Waals surface area contributed by atoms with E-state index in [1.165, 1.54) is 6.42 Å². The van der Waals surface area contributed by atoms with E-state index >= 15 is 0 Å². The number of hydrogen-bond donors (Lipinski definition) is 0. The van der Waals surface area contributed by atoms with Crippen molar-refractivity contribution in [1.29, 1.82) is 0 Å². The fourth-order valence-corrected chi connectivity index (χ4v) is 4.50. The molecule has 0 amide bonds. The summed E-state index contributed by atoms with van der Waals surface area (Å²) in [6.07, 6.45) is 1.32. The van der Waals surface area contributed by atoms with Crippen LogP contribution in [0.2, 0.25) is 0 Å². The Morgan fingerprint density at radius 1 is 0.923 bits per heavy atom. The Bertz CT molecular complexity index is 315. The maximum atomic E-state index is 3.78. The standard InChI is InChI=1S/C11H10Br2/c12-10-8-5-9(11(10)13)7-4-2-1-3-6(7)8/h1-4,8-11H,5H2/t8-,9+,10-,11+. The first-order chi connectivity index (χ1) is 6.29. The third-order valence-corrected chi connectivity index (χ3v) is 6.50. The van der Waals surface area contributed by atoms with Gasteiger partial charge in [-0.2, -0.15) is 0 Å². The first-order valence-electron chi connectivity index (χ1n) is 4.66. The average Bonchev–Trinajstić information content (AvgIpc) is 2.66. The average molecular weight is 302 g/mol. The maximum absolute atomic E-state index is 3.78. The highest BCUT2D eigenvalue weighted by molar-refractivity contribution is 9.12. The Morgan fingerprint density at radius 3 is 1.85 bits per heavy atom. The number of halogens is 2. The quantitative estimate of drug-likeness (QED) is 0.640. The van der Waals surface area contributed by atoms with Crippen LogP contribution in [-0.2, 0) is 0 Å². The van der Waals surface area contributed by atoms with Gasteiger partial charge in [-0.15, -0.1) is 0 Å². The molecular weight excluding hydrogens is 292 g/mol. The molecule has 0 unspecified atom stereocenters. The van der Waals surface area contributed by atoms with Crippen molar-refractivity contribution >= 4 is 31.9 Å². The molecule has 2 heteroatoms. The van der Waals surface area contributed by atoms with Crippen molar-refractivity contribution in [3.8, 4) is 0 Å². The van der Waals surface area contributed by atoms with E-state index in [2.05, 4.69) is 56.1 Å². The van der Waals surface area contributed by atoms with Gasteiger partial charge >= 0.3 is 0 Å². The van der Waals surface area contributed by atoms with Gasteiger partial charge in [0.1, 0.15) is 0 Å². The molecule has 0 nitrogen and oxygen atoms in total. The minimum Gasteiger partial charge on any atom is -0.0872 e. The molecule has 2 aliphatic rings. The van der Waals surface area contributed by atoms with Crippen LogP contribution in [0.5, 0.6) is 0 Å². The second-order valence-corrected chi connectivity index (χ2v) is 6.08. The van der Waals surface area contributed by atoms with E-state index in [4.69, 9.17) is 0 Å². The van der Waals surface area contributed by atoms with Crippen molar-refractivity contribution < 1.29 is 0 Å². The Morgan fingerprint density at radius 2 is 1.38 bits per heavy atom. The van der Waals surface area contributed by atoms with Crippen LogP contribution in [-0.4, -0.2) is 9.65 Å². The number of alkyl halides is 2. The van der Waals surface area contributed by atoms with Crippen LogP contribution < -0.4 is 0 Å². The van der Waals surface area contributed by atoms with Gasteiger partial charge in [-0.05, 0) is 29.4 Å². The Labute approximate surface area is 95.0 Å². The second kappa shape index (κ2) is 2.83. The molecule has 0 N–H and O–H groups in total. The van der Waals surface area contributed by atoms with Crippen molar-refractivity contribution in [3.05, 3.63) is 35.4 Å². The van der Waals surface area contributed by atoms with Crippen LogP contribution in [0.15, 0.2) is 24.3 Å². The van der Waals surface area contributed by atoms with Gasteiger partial charge in [-0.3, -0.25) is 0 Å². The zero-order valence-electron chi connectivity index (χ0n) is 7.08. The summed E-state index contributed by atoms with van der Waals surface area (Å²) in [7, 11) is 0. The fraction of sp³-hybridized carbons (Fsp3) is 0.455. The second-order valence-electron chi connectivity index (χ2n) is 3.97. The molecule has 4 atom stereocenters. The van der Waals surface area contributed by atoms with Gasteiger partial charge in [-0.1, -0.05) is 56.1 Å². The first-order valence-corrected chi connectivity index (χ1v) is 6.49. The third kappa shape index (κ3) is 1.02. The van der Waals surface area contributed by atoms with Gasteiger partial charge in [0.2, 0.25) is 0 Å². The minimum absolute atomic E-state index is 0.632. The Kier molecular flexibility index (Phi) is 1.85. The van der Waals surface area contributed by atoms with Crippen LogP contribution >= 0.6 is 31.9 Å². The lowest BCUT2D eigenvalue weighted by Gasteiger charge is -2.24. The van der Waals surface area contributed by atoms with Gasteiger partial charge < -0.3 is 0 Å². The molecule has 0 aromatic heterocycles. The first kappa shape index (κ1) is 8.49. The number of hydrogen-bond acceptors (Lipinski definition) is 0. The molecular formula is C11H10Br2. The largest absolute Gasteiger partial charge is 0.0872 e. The normalized spacial score (nSPS) is 40.8. The third-order valence-electron chi connectivity index (χ3n) is 3.38. The van der Waals surface area contributed by atoms with Crippen LogP contribution in [0.4, 0.5) is 0 Å². The fourth-order valence-electron chi connectivity index (χ4n) is 2.76. The molecule has 13 heavy (non-hydrogen) atoms. The van der Waals surface area contributed by atoms with E-state index in [1.807, 2.05) is 0 Å². The number of fused-ring (bicyclic) bond motifs is 5. The molecule has 68 valence electrons. The molecule has 3 rings (SSSR count). The van der Waals surface area contributed by atoms with E-state index in [9.17, 15) is 0 Å². The van der Waals surface area contributed by atoms with E-state index in [0.29, 0.717) is 9.65 Å². The van der Waals surface area contributed by atoms with Crippen molar-refractivity contribution in [3.63, 3.8) is 0 Å². The molecule has 0 radical (unpaired) electrons. The Hall–Kier alpha value is 0.180. The summed E-state index contributed by atoms with van der Waals surface area (Å²) in [5, 5.41) is 0. The van der Waals surface area contributed by atoms with Crippen molar-refractivity contribution in [2.45, 2.75) is 27.9 Å². The van der Waals surface area contributed by atoms with Crippen molar-refractivity contribution in [2.24, 2.45) is 0 Å². The molecule has 1 aromatic rings. The molecule has 0 aliphatic heterocycles. The van der Waals surface area contributed by atoms with Crippen molar-refractivity contribution in [2.75, 3.05) is 0 Å². The molecule has 1 aromatic carbocycles. The predicted octanol–water partition coefficient (Wildman–Crippen LogP) is 3.80. The van der Waals surface area contributed by atoms with Crippen LogP contribution in [0, 0.1) is 0 Å². The summed E-state index contributed by atoms with van der Waals surface area (Å²) >= 11 is 7.57. The number of benzene rings is 1. The molecule has 0 heterocycles. The van der Waals surface area contributed by atoms with Gasteiger partial charge in [0.05, 0.1) is 0 Å². The summed E-state index contributed by atoms with van der Waals surface area (Å²) in [6, 6.07) is 8.88. The zero-order valence-corrected chi connectivity index (χ0v) is 10.3. The topological polar surface area (TPSA) is 0 Å². The monoisotopic (exact) mass is 300 g/mol. The molecule has 1 fully saturated rings. The summed E-state index contributed by atoms with van der Waals surface area (Å²) in [4.78, 5) is 1.26. The molecule has 0 saturated heterocycles. The maximum Gasteiger partial charge on any atom is 0.0345 e. The van der Waals surface area contributed by atoms with Gasteiger partial charge in [0.25, 0.3) is 0 Å². The smallest absolute Gasteiger partial charge is 0.0345 e. The summed E-state index contributed by atoms with van der Waals surface area (Å²) in [6.45, 7) is 0. The molecule has 0 spiro atoms. The Balaban J connectivity index is 2.16. The van der Waals surface area contributed by atoms with E-state index in [1.54, 1.807) is 11.1 Å². The van der Waals surface area contributed by atoms with Crippen molar-refractivity contribution in [1.82, 2.24) is 0 Å². The van der Waals surface area contributed by atoms with Gasteiger partial charge in [0.15, 0.2) is 0 Å². The lowest BCUT2D eigenvalue weighted by Crippen LogP contribution is -2.21. The summed E-state index contributed by atoms with van der Waals surface area (Å²) in [5.41, 5.74) is 3.15. The van der Waals surface area contributed by atoms with Gasteiger partial charge in [-0.25, -0.2) is 0 Å². The van der Waals surface area contributed by atoms with Crippen LogP contribution in [0.1, 0.15) is 29.4 Å². The highest BCUT2D eigenvalue weighted by Gasteiger charge is 2.48. The van der Waals surface area contributed by atoms with Crippen LogP contribution in [0.25, 0.3) is 0 Å². The highest BCUT2D eigenvalue weighted by Crippen LogP contribution is 2.57. The summed E-state index contributed by atoms with van der Waals surface area (Å²) in [5.74, 6) is 1.48. The van der Waals surface area contributed by atoms with E-state index in [-0.39, 0.29) is 0 Å². The predicted molar refractivity (Wildman–Crippen MR) is 62.0 cm³/mol. The van der Waals surface area contributed by atoms with Gasteiger partial charge in [0, 0.05) is 9.65 Å². The molecule has 2 bridgehead atoms. The van der Waals surface area contributed by atoms with Crippen LogP contribution in [0.3, 0.4) is 0 Å².